The number of likely N-dealkylation sites (N-methyl/N-ethyl adjacent to an activating group) is 1. The van der Waals surface area contributed by atoms with Gasteiger partial charge in [0.15, 0.2) is 0 Å². The Morgan fingerprint density at radius 1 is 1.48 bits per heavy atom. The van der Waals surface area contributed by atoms with Gasteiger partial charge in [0.25, 0.3) is 0 Å². The minimum absolute atomic E-state index is 0.0352. The standard InChI is InChI=1S/C13H22N4O3S/c1-3-21(19,20)16(2)10-13(18)5-4-8-17(11-13)12-9-14-6-7-15-12/h6-7,9,18H,3-5,8,10-11H2,1-2H3/t13-/m0/s1. The summed E-state index contributed by atoms with van der Waals surface area (Å²) in [6.07, 6.45) is 6.22. The van der Waals surface area contributed by atoms with Gasteiger partial charge in [-0.3, -0.25) is 4.98 Å². The van der Waals surface area contributed by atoms with E-state index in [0.717, 1.165) is 13.0 Å². The number of sulfonamides is 1. The summed E-state index contributed by atoms with van der Waals surface area (Å²) < 4.78 is 24.9. The van der Waals surface area contributed by atoms with Crippen molar-refractivity contribution in [1.82, 2.24) is 14.3 Å². The number of rotatable bonds is 5. The normalized spacial score (nSPS) is 23.5. The van der Waals surface area contributed by atoms with Gasteiger partial charge in [-0.2, -0.15) is 0 Å². The minimum atomic E-state index is -3.29. The van der Waals surface area contributed by atoms with Crippen LogP contribution in [0.15, 0.2) is 18.6 Å². The third-order valence-corrected chi connectivity index (χ3v) is 5.59. The summed E-state index contributed by atoms with van der Waals surface area (Å²) in [6, 6.07) is 0. The molecule has 118 valence electrons. The molecule has 0 amide bonds. The zero-order chi connectivity index (χ0) is 15.5. The molecule has 1 saturated heterocycles. The van der Waals surface area contributed by atoms with E-state index in [-0.39, 0.29) is 12.3 Å². The Balaban J connectivity index is 2.09. The van der Waals surface area contributed by atoms with Gasteiger partial charge in [0.2, 0.25) is 10.0 Å². The van der Waals surface area contributed by atoms with E-state index < -0.39 is 15.6 Å². The zero-order valence-electron chi connectivity index (χ0n) is 12.4. The molecule has 7 nitrogen and oxygen atoms in total. The van der Waals surface area contributed by atoms with Crippen LogP contribution in [0.25, 0.3) is 0 Å². The number of aliphatic hydroxyl groups is 1. The number of piperidine rings is 1. The van der Waals surface area contributed by atoms with Crippen LogP contribution in [0.4, 0.5) is 5.82 Å². The Morgan fingerprint density at radius 2 is 2.24 bits per heavy atom. The number of aromatic nitrogens is 2. The van der Waals surface area contributed by atoms with E-state index in [9.17, 15) is 13.5 Å². The molecule has 1 fully saturated rings. The van der Waals surface area contributed by atoms with Crippen molar-refractivity contribution in [2.24, 2.45) is 0 Å². The van der Waals surface area contributed by atoms with E-state index in [1.54, 1.807) is 25.5 Å². The second-order valence-corrected chi connectivity index (χ2v) is 7.83. The number of anilines is 1. The van der Waals surface area contributed by atoms with Crippen LogP contribution in [0.3, 0.4) is 0 Å². The van der Waals surface area contributed by atoms with Crippen LogP contribution in [-0.2, 0) is 10.0 Å². The van der Waals surface area contributed by atoms with Crippen molar-refractivity contribution < 1.29 is 13.5 Å². The van der Waals surface area contributed by atoms with Crippen LogP contribution < -0.4 is 4.90 Å². The summed E-state index contributed by atoms with van der Waals surface area (Å²) in [4.78, 5) is 10.2. The van der Waals surface area contributed by atoms with Crippen LogP contribution in [0, 0.1) is 0 Å². The second kappa shape index (κ2) is 6.25. The lowest BCUT2D eigenvalue weighted by molar-refractivity contribution is 0.0131. The van der Waals surface area contributed by atoms with Gasteiger partial charge in [-0.1, -0.05) is 0 Å². The lowest BCUT2D eigenvalue weighted by Crippen LogP contribution is -2.55. The summed E-state index contributed by atoms with van der Waals surface area (Å²) in [5.41, 5.74) is -1.06. The summed E-state index contributed by atoms with van der Waals surface area (Å²) in [7, 11) is -1.78. The SMILES string of the molecule is CCS(=O)(=O)N(C)C[C@@]1(O)CCCN(c2cnccn2)C1. The molecule has 2 rings (SSSR count). The third-order valence-electron chi connectivity index (χ3n) is 3.79. The van der Waals surface area contributed by atoms with E-state index in [1.807, 2.05) is 4.90 Å². The first-order chi connectivity index (χ1) is 9.86. The van der Waals surface area contributed by atoms with Crippen molar-refractivity contribution in [3.8, 4) is 0 Å². The van der Waals surface area contributed by atoms with Gasteiger partial charge >= 0.3 is 0 Å². The summed E-state index contributed by atoms with van der Waals surface area (Å²) in [5, 5.41) is 10.7. The topological polar surface area (TPSA) is 86.6 Å². The number of β-amino-alcohol motifs (C(OH)–C–C–N with tert-alkyl or cyclic N) is 1. The van der Waals surface area contributed by atoms with Gasteiger partial charge in [0.05, 0.1) is 17.6 Å². The molecular weight excluding hydrogens is 292 g/mol. The molecule has 1 aromatic heterocycles. The summed E-state index contributed by atoms with van der Waals surface area (Å²) in [6.45, 7) is 2.84. The molecule has 0 bridgehead atoms. The Labute approximate surface area is 125 Å². The fourth-order valence-corrected chi connectivity index (χ4v) is 3.50. The highest BCUT2D eigenvalue weighted by atomic mass is 32.2. The van der Waals surface area contributed by atoms with E-state index in [2.05, 4.69) is 9.97 Å². The first-order valence-electron chi connectivity index (χ1n) is 7.04. The van der Waals surface area contributed by atoms with Crippen LogP contribution in [0.1, 0.15) is 19.8 Å². The fraction of sp³-hybridized carbons (Fsp3) is 0.692. The van der Waals surface area contributed by atoms with Gasteiger partial charge in [-0.25, -0.2) is 17.7 Å². The van der Waals surface area contributed by atoms with Crippen LogP contribution in [0.2, 0.25) is 0 Å². The smallest absolute Gasteiger partial charge is 0.213 e. The third kappa shape index (κ3) is 3.90. The first kappa shape index (κ1) is 16.1. The Kier molecular flexibility index (Phi) is 4.80. The zero-order valence-corrected chi connectivity index (χ0v) is 13.3. The molecule has 0 saturated carbocycles. The largest absolute Gasteiger partial charge is 0.387 e. The molecule has 2 heterocycles. The van der Waals surface area contributed by atoms with E-state index in [1.165, 1.54) is 11.4 Å². The van der Waals surface area contributed by atoms with Gasteiger partial charge in [-0.15, -0.1) is 0 Å². The Morgan fingerprint density at radius 3 is 2.86 bits per heavy atom. The molecule has 1 atom stereocenters. The average molecular weight is 314 g/mol. The molecule has 21 heavy (non-hydrogen) atoms. The van der Waals surface area contributed by atoms with Crippen LogP contribution in [0.5, 0.6) is 0 Å². The van der Waals surface area contributed by atoms with Crippen molar-refractivity contribution in [1.29, 1.82) is 0 Å². The highest BCUT2D eigenvalue weighted by molar-refractivity contribution is 7.89. The molecule has 0 unspecified atom stereocenters. The van der Waals surface area contributed by atoms with Gasteiger partial charge in [0.1, 0.15) is 5.82 Å². The molecule has 8 heteroatoms. The van der Waals surface area contributed by atoms with Crippen LogP contribution >= 0.6 is 0 Å². The van der Waals surface area contributed by atoms with Crippen molar-refractivity contribution in [3.63, 3.8) is 0 Å². The predicted octanol–water partition coefficient (Wildman–Crippen LogP) is 0.0894. The fourth-order valence-electron chi connectivity index (χ4n) is 2.62. The molecular formula is C13H22N4O3S. The maximum Gasteiger partial charge on any atom is 0.213 e. The van der Waals surface area contributed by atoms with E-state index >= 15 is 0 Å². The molecule has 1 aromatic rings. The van der Waals surface area contributed by atoms with Crippen molar-refractivity contribution >= 4 is 15.8 Å². The number of nitrogens with zero attached hydrogens (tertiary/aromatic N) is 4. The van der Waals surface area contributed by atoms with Crippen molar-refractivity contribution in [2.45, 2.75) is 25.4 Å². The molecule has 0 aromatic carbocycles. The number of hydrogen-bond acceptors (Lipinski definition) is 6. The molecule has 1 aliphatic heterocycles. The van der Waals surface area contributed by atoms with Crippen molar-refractivity contribution in [3.05, 3.63) is 18.6 Å². The van der Waals surface area contributed by atoms with Gasteiger partial charge in [-0.05, 0) is 19.8 Å². The first-order valence-corrected chi connectivity index (χ1v) is 8.64. The summed E-state index contributed by atoms with van der Waals surface area (Å²) >= 11 is 0. The predicted molar refractivity (Wildman–Crippen MR) is 80.5 cm³/mol. The molecule has 0 spiro atoms. The molecule has 0 aliphatic carbocycles. The van der Waals surface area contributed by atoms with Crippen LogP contribution in [-0.4, -0.2) is 65.8 Å². The summed E-state index contributed by atoms with van der Waals surface area (Å²) in [5.74, 6) is 0.740. The average Bonchev–Trinajstić information content (AvgIpc) is 2.47. The maximum atomic E-state index is 11.8. The second-order valence-electron chi connectivity index (χ2n) is 5.47. The number of hydrogen-bond donors (Lipinski definition) is 1. The van der Waals surface area contributed by atoms with Gasteiger partial charge < -0.3 is 10.0 Å². The molecule has 0 radical (unpaired) electrons. The lowest BCUT2D eigenvalue weighted by Gasteiger charge is -2.41. The van der Waals surface area contributed by atoms with E-state index in [4.69, 9.17) is 0 Å². The molecule has 1 N–H and O–H groups in total. The van der Waals surface area contributed by atoms with E-state index in [0.29, 0.717) is 18.8 Å². The Hall–Kier alpha value is -1.25. The highest BCUT2D eigenvalue weighted by Crippen LogP contribution is 2.25. The monoisotopic (exact) mass is 314 g/mol. The lowest BCUT2D eigenvalue weighted by atomic mass is 9.93. The Bertz CT molecular complexity index is 566. The minimum Gasteiger partial charge on any atom is -0.387 e. The maximum absolute atomic E-state index is 11.8. The van der Waals surface area contributed by atoms with Crippen molar-refractivity contribution in [2.75, 3.05) is 37.3 Å². The van der Waals surface area contributed by atoms with Gasteiger partial charge in [0, 0.05) is 39.1 Å². The highest BCUT2D eigenvalue weighted by Gasteiger charge is 2.37. The molecule has 1 aliphatic rings. The quantitative estimate of drug-likeness (QED) is 0.829.